The van der Waals surface area contributed by atoms with Crippen molar-refractivity contribution in [3.63, 3.8) is 0 Å². The van der Waals surface area contributed by atoms with Crippen LogP contribution in [0, 0.1) is 0 Å². The second kappa shape index (κ2) is 7.91. The lowest BCUT2D eigenvalue weighted by atomic mass is 10.0. The minimum absolute atomic E-state index is 0.359. The Morgan fingerprint density at radius 3 is 2.12 bits per heavy atom. The number of hydroxylamine groups is 1. The van der Waals surface area contributed by atoms with Gasteiger partial charge in [0, 0.05) is 23.9 Å². The van der Waals surface area contributed by atoms with Crippen LogP contribution >= 0.6 is 0 Å². The maximum Gasteiger partial charge on any atom is 0.274 e. The smallest absolute Gasteiger partial charge is 0.274 e. The zero-order valence-electron chi connectivity index (χ0n) is 14.8. The zero-order valence-corrected chi connectivity index (χ0v) is 14.8. The van der Waals surface area contributed by atoms with Crippen LogP contribution in [-0.2, 0) is 6.54 Å². The van der Waals surface area contributed by atoms with Gasteiger partial charge in [-0.3, -0.25) is 15.0 Å². The molecule has 1 heterocycles. The van der Waals surface area contributed by atoms with Crippen molar-refractivity contribution in [3.05, 3.63) is 78.0 Å². The van der Waals surface area contributed by atoms with Gasteiger partial charge < -0.3 is 4.90 Å². The van der Waals surface area contributed by atoms with Gasteiger partial charge in [-0.1, -0.05) is 48.5 Å². The Bertz CT molecular complexity index is 888. The molecule has 132 valence electrons. The molecule has 0 aliphatic rings. The SMILES string of the molecule is CN(C)Cc1ccc(-c2ccc(-c3cc(C(=O)NO)ccn3)cc2)cc1. The van der Waals surface area contributed by atoms with Crippen molar-refractivity contribution in [2.24, 2.45) is 0 Å². The van der Waals surface area contributed by atoms with Gasteiger partial charge in [0.1, 0.15) is 0 Å². The van der Waals surface area contributed by atoms with Crippen LogP contribution in [0.1, 0.15) is 15.9 Å². The van der Waals surface area contributed by atoms with Crippen molar-refractivity contribution >= 4 is 5.91 Å². The summed E-state index contributed by atoms with van der Waals surface area (Å²) in [5, 5.41) is 8.76. The summed E-state index contributed by atoms with van der Waals surface area (Å²) in [7, 11) is 4.11. The van der Waals surface area contributed by atoms with E-state index >= 15 is 0 Å². The molecule has 0 aliphatic carbocycles. The number of carbonyl (C=O) groups excluding carboxylic acids is 1. The topological polar surface area (TPSA) is 65.5 Å². The van der Waals surface area contributed by atoms with Gasteiger partial charge in [0.25, 0.3) is 5.91 Å². The fourth-order valence-corrected chi connectivity index (χ4v) is 2.80. The van der Waals surface area contributed by atoms with E-state index in [0.29, 0.717) is 11.3 Å². The van der Waals surface area contributed by atoms with Gasteiger partial charge in [-0.05, 0) is 42.9 Å². The Morgan fingerprint density at radius 2 is 1.54 bits per heavy atom. The molecule has 2 aromatic carbocycles. The molecule has 0 bridgehead atoms. The highest BCUT2D eigenvalue weighted by Gasteiger charge is 2.07. The van der Waals surface area contributed by atoms with E-state index in [9.17, 15) is 4.79 Å². The van der Waals surface area contributed by atoms with Crippen LogP contribution in [0.2, 0.25) is 0 Å². The number of hydrogen-bond donors (Lipinski definition) is 2. The van der Waals surface area contributed by atoms with Gasteiger partial charge in [0.05, 0.1) is 5.69 Å². The molecule has 0 saturated carbocycles. The van der Waals surface area contributed by atoms with Crippen LogP contribution in [0.15, 0.2) is 66.9 Å². The van der Waals surface area contributed by atoms with E-state index < -0.39 is 5.91 Å². The van der Waals surface area contributed by atoms with Crippen molar-refractivity contribution in [3.8, 4) is 22.4 Å². The quantitative estimate of drug-likeness (QED) is 0.547. The standard InChI is InChI=1S/C21H21N3O2/c1-24(2)14-15-3-5-16(6-4-15)17-7-9-18(10-8-17)20-13-19(11-12-22-20)21(25)23-26/h3-13,26H,14H2,1-2H3,(H,23,25). The highest BCUT2D eigenvalue weighted by atomic mass is 16.5. The van der Waals surface area contributed by atoms with Gasteiger partial charge in [-0.15, -0.1) is 0 Å². The first kappa shape index (κ1) is 17.8. The van der Waals surface area contributed by atoms with Gasteiger partial charge in [-0.2, -0.15) is 0 Å². The number of nitrogens with zero attached hydrogens (tertiary/aromatic N) is 2. The van der Waals surface area contributed by atoms with Crippen LogP contribution in [0.5, 0.6) is 0 Å². The fraction of sp³-hybridized carbons (Fsp3) is 0.143. The molecule has 0 atom stereocenters. The average molecular weight is 347 g/mol. The van der Waals surface area contributed by atoms with Gasteiger partial charge >= 0.3 is 0 Å². The molecule has 0 spiro atoms. The molecule has 1 aromatic heterocycles. The molecule has 0 saturated heterocycles. The first-order valence-corrected chi connectivity index (χ1v) is 8.32. The highest BCUT2D eigenvalue weighted by molar-refractivity contribution is 5.94. The molecule has 5 heteroatoms. The van der Waals surface area contributed by atoms with Crippen molar-refractivity contribution in [1.29, 1.82) is 0 Å². The van der Waals surface area contributed by atoms with Crippen LogP contribution in [-0.4, -0.2) is 35.1 Å². The van der Waals surface area contributed by atoms with Crippen LogP contribution in [0.3, 0.4) is 0 Å². The molecular weight excluding hydrogens is 326 g/mol. The van der Waals surface area contributed by atoms with Crippen LogP contribution in [0.4, 0.5) is 0 Å². The number of benzene rings is 2. The fourth-order valence-electron chi connectivity index (χ4n) is 2.80. The molecular formula is C21H21N3O2. The summed E-state index contributed by atoms with van der Waals surface area (Å²) in [5.74, 6) is -0.553. The Hall–Kier alpha value is -3.02. The maximum atomic E-state index is 11.5. The van der Waals surface area contributed by atoms with Gasteiger partial charge in [0.2, 0.25) is 0 Å². The second-order valence-corrected chi connectivity index (χ2v) is 6.38. The van der Waals surface area contributed by atoms with E-state index in [-0.39, 0.29) is 0 Å². The van der Waals surface area contributed by atoms with Crippen molar-refractivity contribution in [2.45, 2.75) is 6.54 Å². The maximum absolute atomic E-state index is 11.5. The van der Waals surface area contributed by atoms with E-state index in [4.69, 9.17) is 5.21 Å². The molecule has 3 aromatic rings. The average Bonchev–Trinajstić information content (AvgIpc) is 2.68. The van der Waals surface area contributed by atoms with Crippen molar-refractivity contribution in [1.82, 2.24) is 15.4 Å². The number of pyridine rings is 1. The lowest BCUT2D eigenvalue weighted by Gasteiger charge is -2.10. The van der Waals surface area contributed by atoms with Gasteiger partial charge in [-0.25, -0.2) is 5.48 Å². The molecule has 0 radical (unpaired) electrons. The second-order valence-electron chi connectivity index (χ2n) is 6.38. The zero-order chi connectivity index (χ0) is 18.5. The number of hydrogen-bond acceptors (Lipinski definition) is 4. The Balaban J connectivity index is 1.81. The summed E-state index contributed by atoms with van der Waals surface area (Å²) in [5.41, 5.74) is 7.13. The first-order chi connectivity index (χ1) is 12.6. The predicted octanol–water partition coefficient (Wildman–Crippen LogP) is 3.60. The van der Waals surface area contributed by atoms with Gasteiger partial charge in [0.15, 0.2) is 0 Å². The summed E-state index contributed by atoms with van der Waals surface area (Å²) < 4.78 is 0. The first-order valence-electron chi connectivity index (χ1n) is 8.32. The molecule has 0 aliphatic heterocycles. The molecule has 2 N–H and O–H groups in total. The molecule has 0 unspecified atom stereocenters. The van der Waals surface area contributed by atoms with E-state index in [1.165, 1.54) is 5.56 Å². The third-order valence-electron chi connectivity index (χ3n) is 4.09. The molecule has 5 nitrogen and oxygen atoms in total. The largest absolute Gasteiger partial charge is 0.305 e. The van der Waals surface area contributed by atoms with E-state index in [2.05, 4.69) is 48.2 Å². The van der Waals surface area contributed by atoms with E-state index in [0.717, 1.165) is 23.2 Å². The predicted molar refractivity (Wildman–Crippen MR) is 102 cm³/mol. The van der Waals surface area contributed by atoms with E-state index in [1.807, 2.05) is 24.3 Å². The highest BCUT2D eigenvalue weighted by Crippen LogP contribution is 2.24. The Kier molecular flexibility index (Phi) is 5.41. The number of amides is 1. The van der Waals surface area contributed by atoms with Crippen LogP contribution in [0.25, 0.3) is 22.4 Å². The summed E-state index contributed by atoms with van der Waals surface area (Å²) in [4.78, 5) is 18.0. The Morgan fingerprint density at radius 1 is 0.962 bits per heavy atom. The number of nitrogens with one attached hydrogen (secondary N) is 1. The number of carbonyl (C=O) groups is 1. The lowest BCUT2D eigenvalue weighted by Crippen LogP contribution is -2.18. The molecule has 26 heavy (non-hydrogen) atoms. The minimum atomic E-state index is -0.553. The third-order valence-corrected chi connectivity index (χ3v) is 4.09. The normalized spacial score (nSPS) is 10.8. The van der Waals surface area contributed by atoms with E-state index in [1.54, 1.807) is 23.8 Å². The number of aromatic nitrogens is 1. The molecule has 1 amide bonds. The van der Waals surface area contributed by atoms with Crippen molar-refractivity contribution < 1.29 is 10.0 Å². The minimum Gasteiger partial charge on any atom is -0.305 e. The third kappa shape index (κ3) is 4.14. The summed E-state index contributed by atoms with van der Waals surface area (Å²) in [6.07, 6.45) is 1.55. The van der Waals surface area contributed by atoms with Crippen LogP contribution < -0.4 is 5.48 Å². The lowest BCUT2D eigenvalue weighted by molar-refractivity contribution is 0.0706. The van der Waals surface area contributed by atoms with Crippen molar-refractivity contribution in [2.75, 3.05) is 14.1 Å². The number of rotatable bonds is 5. The monoisotopic (exact) mass is 347 g/mol. The Labute approximate surface area is 152 Å². The summed E-state index contributed by atoms with van der Waals surface area (Å²) in [6.45, 7) is 0.919. The summed E-state index contributed by atoms with van der Waals surface area (Å²) >= 11 is 0. The molecule has 0 fully saturated rings. The molecule has 3 rings (SSSR count). The summed E-state index contributed by atoms with van der Waals surface area (Å²) in [6, 6.07) is 19.8.